The Morgan fingerprint density at radius 2 is 1.73 bits per heavy atom. The average molecular weight is 573 g/mol. The summed E-state index contributed by atoms with van der Waals surface area (Å²) in [6, 6.07) is 10.8. The number of alkyl halides is 1. The number of nitrogens with zero attached hydrogens (tertiary/aromatic N) is 1. The van der Waals surface area contributed by atoms with E-state index in [9.17, 15) is 23.5 Å². The van der Waals surface area contributed by atoms with Crippen LogP contribution >= 0.6 is 0 Å². The number of aromatic nitrogens is 1. The predicted octanol–water partition coefficient (Wildman–Crippen LogP) is 4.33. The topological polar surface area (TPSA) is 108 Å². The number of carbonyl (C=O) groups is 1. The first-order valence-electron chi connectivity index (χ1n) is 12.3. The number of hydrogen-bond donors (Lipinski definition) is 2. The fraction of sp³-hybridized carbons (Fsp3) is 0.241. The van der Waals surface area contributed by atoms with E-state index in [2.05, 4.69) is 5.32 Å². The molecule has 4 aromatic rings. The van der Waals surface area contributed by atoms with Crippen molar-refractivity contribution in [3.8, 4) is 22.9 Å². The highest BCUT2D eigenvalue weighted by Crippen LogP contribution is 2.33. The highest BCUT2D eigenvalue weighted by molar-refractivity contribution is 5.96. The van der Waals surface area contributed by atoms with Crippen molar-refractivity contribution in [1.82, 2.24) is 9.88 Å². The molecule has 0 fully saturated rings. The number of benzene rings is 3. The van der Waals surface area contributed by atoms with Crippen molar-refractivity contribution in [2.24, 2.45) is 0 Å². The molecule has 0 bridgehead atoms. The summed E-state index contributed by atoms with van der Waals surface area (Å²) in [6.45, 7) is 1.40. The summed E-state index contributed by atoms with van der Waals surface area (Å²) in [5.74, 6) is -6.27. The van der Waals surface area contributed by atoms with E-state index in [4.69, 9.17) is 18.9 Å². The minimum absolute atomic E-state index is 0.0312. The Morgan fingerprint density at radius 3 is 2.34 bits per heavy atom. The minimum atomic E-state index is -2.99. The normalized spacial score (nSPS) is 12.6. The Kier molecular flexibility index (Phi) is 8.55. The molecule has 1 aromatic heterocycles. The lowest BCUT2D eigenvalue weighted by atomic mass is 10.1. The fourth-order valence-electron chi connectivity index (χ4n) is 4.30. The largest absolute Gasteiger partial charge is 0.497 e. The Morgan fingerprint density at radius 1 is 1.02 bits per heavy atom. The molecule has 216 valence electrons. The van der Waals surface area contributed by atoms with E-state index >= 15 is 4.39 Å². The van der Waals surface area contributed by atoms with Gasteiger partial charge in [-0.05, 0) is 43.3 Å². The van der Waals surface area contributed by atoms with Gasteiger partial charge in [0.05, 0.1) is 33.3 Å². The molecule has 0 radical (unpaired) electrons. The molecule has 1 unspecified atom stereocenters. The van der Waals surface area contributed by atoms with Gasteiger partial charge in [0.25, 0.3) is 5.98 Å². The van der Waals surface area contributed by atoms with Crippen LogP contribution in [0.4, 0.5) is 13.2 Å². The van der Waals surface area contributed by atoms with Crippen molar-refractivity contribution >= 4 is 16.9 Å². The van der Waals surface area contributed by atoms with Crippen LogP contribution in [0, 0.1) is 11.6 Å². The number of aliphatic hydroxyl groups is 1. The van der Waals surface area contributed by atoms with Crippen LogP contribution in [0.2, 0.25) is 0 Å². The molecule has 0 spiro atoms. The molecule has 0 aliphatic heterocycles. The number of halogens is 3. The molecule has 1 heterocycles. The van der Waals surface area contributed by atoms with Gasteiger partial charge in [-0.25, -0.2) is 9.18 Å². The van der Waals surface area contributed by atoms with Crippen molar-refractivity contribution in [2.45, 2.75) is 19.4 Å². The predicted molar refractivity (Wildman–Crippen MR) is 143 cm³/mol. The zero-order chi connectivity index (χ0) is 29.9. The van der Waals surface area contributed by atoms with E-state index in [0.29, 0.717) is 23.1 Å². The van der Waals surface area contributed by atoms with E-state index in [1.807, 2.05) is 0 Å². The van der Waals surface area contributed by atoms with E-state index in [-0.39, 0.29) is 35.3 Å². The smallest absolute Gasteiger partial charge is 0.343 e. The van der Waals surface area contributed by atoms with Crippen molar-refractivity contribution < 1.29 is 42.0 Å². The lowest BCUT2D eigenvalue weighted by Crippen LogP contribution is -2.37. The van der Waals surface area contributed by atoms with Gasteiger partial charge in [0, 0.05) is 35.6 Å². The van der Waals surface area contributed by atoms with Gasteiger partial charge in [-0.15, -0.1) is 0 Å². The number of nitrogens with one attached hydrogen (secondary N) is 1. The van der Waals surface area contributed by atoms with Gasteiger partial charge in [-0.2, -0.15) is 8.78 Å². The fourth-order valence-corrected chi connectivity index (χ4v) is 4.30. The third kappa shape index (κ3) is 5.70. The van der Waals surface area contributed by atoms with Crippen LogP contribution in [0.5, 0.6) is 17.2 Å². The van der Waals surface area contributed by atoms with E-state index in [0.717, 1.165) is 13.3 Å². The number of hydrogen-bond acceptors (Lipinski definition) is 8. The summed E-state index contributed by atoms with van der Waals surface area (Å²) < 4.78 is 66.1. The molecule has 9 nitrogen and oxygen atoms in total. The number of esters is 1. The first kappa shape index (κ1) is 29.4. The van der Waals surface area contributed by atoms with Gasteiger partial charge in [0.1, 0.15) is 22.6 Å². The molecule has 0 aliphatic carbocycles. The number of ether oxygens (including phenoxy) is 4. The molecular formula is C29H27F3N2O7. The number of pyridine rings is 1. The van der Waals surface area contributed by atoms with Crippen molar-refractivity contribution in [3.05, 3.63) is 93.3 Å². The van der Waals surface area contributed by atoms with Crippen molar-refractivity contribution in [3.63, 3.8) is 0 Å². The summed E-state index contributed by atoms with van der Waals surface area (Å²) >= 11 is 0. The zero-order valence-corrected chi connectivity index (χ0v) is 22.6. The SMILES string of the molecule is CCOC(=O)c1cn(-c2ccc(C(O)(F)NCc3ccc(OC)cc3OC)cc2)c2c(OC)c(F)c(F)cc2c1=O. The monoisotopic (exact) mass is 572 g/mol. The van der Waals surface area contributed by atoms with E-state index < -0.39 is 40.3 Å². The molecule has 0 amide bonds. The van der Waals surface area contributed by atoms with Crippen molar-refractivity contribution in [1.29, 1.82) is 0 Å². The van der Waals surface area contributed by atoms with Crippen LogP contribution in [0.1, 0.15) is 28.4 Å². The molecule has 2 N–H and O–H groups in total. The maximum Gasteiger partial charge on any atom is 0.343 e. The molecule has 0 aliphatic rings. The Balaban J connectivity index is 1.75. The first-order valence-corrected chi connectivity index (χ1v) is 12.3. The second kappa shape index (κ2) is 11.9. The summed E-state index contributed by atoms with van der Waals surface area (Å²) in [7, 11) is 4.04. The highest BCUT2D eigenvalue weighted by Gasteiger charge is 2.29. The van der Waals surface area contributed by atoms with Gasteiger partial charge < -0.3 is 28.6 Å². The minimum Gasteiger partial charge on any atom is -0.497 e. The Labute approximate surface area is 232 Å². The standard InChI is InChI=1S/C29H27F3N2O7/c1-5-41-28(36)21-15-34(25-20(26(21)35)13-22(30)24(31)27(25)40-4)18-9-7-17(8-10-18)29(32,37)33-14-16-6-11-19(38-2)12-23(16)39-3/h6-13,15,33,37H,5,14H2,1-4H3. The van der Waals surface area contributed by atoms with Gasteiger partial charge in [0.15, 0.2) is 11.6 Å². The van der Waals surface area contributed by atoms with Crippen LogP contribution in [0.3, 0.4) is 0 Å². The highest BCUT2D eigenvalue weighted by atomic mass is 19.2. The lowest BCUT2D eigenvalue weighted by Gasteiger charge is -2.22. The molecule has 3 aromatic carbocycles. The second-order valence-electron chi connectivity index (χ2n) is 8.76. The Bertz CT molecular complexity index is 1650. The third-order valence-electron chi connectivity index (χ3n) is 6.37. The number of carbonyl (C=O) groups excluding carboxylic acids is 1. The molecular weight excluding hydrogens is 545 g/mol. The molecule has 4 rings (SSSR count). The number of rotatable bonds is 10. The van der Waals surface area contributed by atoms with Gasteiger partial charge in [-0.1, -0.05) is 6.07 Å². The molecule has 1 atom stereocenters. The molecule has 12 heteroatoms. The second-order valence-corrected chi connectivity index (χ2v) is 8.76. The molecule has 0 saturated heterocycles. The van der Waals surface area contributed by atoms with Crippen LogP contribution < -0.4 is 25.0 Å². The summed E-state index contributed by atoms with van der Waals surface area (Å²) in [4.78, 5) is 25.6. The van der Waals surface area contributed by atoms with E-state index in [1.165, 1.54) is 43.1 Å². The summed E-state index contributed by atoms with van der Waals surface area (Å²) in [5.41, 5.74) is -0.922. The van der Waals surface area contributed by atoms with Crippen LogP contribution in [0.25, 0.3) is 16.6 Å². The van der Waals surface area contributed by atoms with E-state index in [1.54, 1.807) is 25.1 Å². The quantitative estimate of drug-likeness (QED) is 0.164. The van der Waals surface area contributed by atoms with Gasteiger partial charge in [-0.3, -0.25) is 10.1 Å². The summed E-state index contributed by atoms with van der Waals surface area (Å²) in [6.07, 6.45) is 1.10. The molecule has 0 saturated carbocycles. The van der Waals surface area contributed by atoms with Gasteiger partial charge >= 0.3 is 5.97 Å². The third-order valence-corrected chi connectivity index (χ3v) is 6.37. The number of fused-ring (bicyclic) bond motifs is 1. The molecule has 41 heavy (non-hydrogen) atoms. The lowest BCUT2D eigenvalue weighted by molar-refractivity contribution is -0.127. The maximum absolute atomic E-state index is 15.4. The number of methoxy groups -OCH3 is 3. The van der Waals surface area contributed by atoms with Crippen LogP contribution in [0.15, 0.2) is 59.5 Å². The van der Waals surface area contributed by atoms with Crippen molar-refractivity contribution in [2.75, 3.05) is 27.9 Å². The van der Waals surface area contributed by atoms with Crippen LogP contribution in [-0.2, 0) is 17.3 Å². The van der Waals surface area contributed by atoms with Crippen LogP contribution in [-0.4, -0.2) is 43.6 Å². The summed E-state index contributed by atoms with van der Waals surface area (Å²) in [5, 5.41) is 12.6. The first-order chi connectivity index (χ1) is 19.6. The average Bonchev–Trinajstić information content (AvgIpc) is 2.97. The Hall–Kier alpha value is -4.55. The zero-order valence-electron chi connectivity index (χ0n) is 22.6. The van der Waals surface area contributed by atoms with Gasteiger partial charge in [0.2, 0.25) is 11.2 Å². The maximum atomic E-state index is 15.4.